The Balaban J connectivity index is 3.10. The summed E-state index contributed by atoms with van der Waals surface area (Å²) in [6.07, 6.45) is 2.12. The zero-order valence-electron chi connectivity index (χ0n) is 15.5. The molecule has 0 rings (SSSR count). The molecule has 0 aliphatic carbocycles. The Hall–Kier alpha value is -0.770. The van der Waals surface area contributed by atoms with Crippen LogP contribution >= 0.6 is 0 Å². The monoisotopic (exact) mass is 364 g/mol. The van der Waals surface area contributed by atoms with Crippen LogP contribution in [0.25, 0.3) is 0 Å². The average molecular weight is 364 g/mol. The predicted molar refractivity (Wildman–Crippen MR) is 95.5 cm³/mol. The van der Waals surface area contributed by atoms with Crippen LogP contribution in [-0.2, 0) is 23.7 Å². The second-order valence-corrected chi connectivity index (χ2v) is 5.69. The Morgan fingerprint density at radius 2 is 1.56 bits per heavy atom. The van der Waals surface area contributed by atoms with Crippen LogP contribution in [0.4, 0.5) is 0 Å². The first-order chi connectivity index (χ1) is 12.2. The lowest BCUT2D eigenvalue weighted by atomic mass is 10.3. The van der Waals surface area contributed by atoms with Crippen molar-refractivity contribution in [2.75, 3.05) is 65.9 Å². The van der Waals surface area contributed by atoms with E-state index in [4.69, 9.17) is 29.8 Å². The molecule has 0 bridgehead atoms. The van der Waals surface area contributed by atoms with Crippen LogP contribution in [0.15, 0.2) is 0 Å². The number of carbonyl (C=O) groups is 1. The van der Waals surface area contributed by atoms with Gasteiger partial charge in [-0.3, -0.25) is 4.79 Å². The van der Waals surface area contributed by atoms with Gasteiger partial charge >= 0.3 is 5.97 Å². The van der Waals surface area contributed by atoms with Crippen molar-refractivity contribution in [1.29, 1.82) is 0 Å². The highest BCUT2D eigenvalue weighted by Gasteiger charge is 2.03. The molecule has 0 aliphatic heterocycles. The Kier molecular flexibility index (Phi) is 19.0. The third-order valence-corrected chi connectivity index (χ3v) is 3.18. The van der Waals surface area contributed by atoms with Gasteiger partial charge in [-0.1, -0.05) is 0 Å². The van der Waals surface area contributed by atoms with Crippen LogP contribution < -0.4 is 11.1 Å². The second-order valence-electron chi connectivity index (χ2n) is 5.69. The van der Waals surface area contributed by atoms with Gasteiger partial charge in [0.1, 0.15) is 0 Å². The highest BCUT2D eigenvalue weighted by atomic mass is 16.5. The normalized spacial score (nSPS) is 12.3. The summed E-state index contributed by atoms with van der Waals surface area (Å²) >= 11 is 0. The summed E-state index contributed by atoms with van der Waals surface area (Å²) < 4.78 is 21.1. The zero-order valence-corrected chi connectivity index (χ0v) is 15.5. The lowest BCUT2D eigenvalue weighted by Gasteiger charge is -2.08. The number of ether oxygens (including phenoxy) is 4. The highest BCUT2D eigenvalue weighted by molar-refractivity contribution is 5.69. The minimum atomic E-state index is -0.439. The van der Waals surface area contributed by atoms with E-state index in [1.54, 1.807) is 6.92 Å². The number of carbonyl (C=O) groups excluding carboxylic acids is 1. The molecule has 0 heterocycles. The van der Waals surface area contributed by atoms with Crippen molar-refractivity contribution in [3.05, 3.63) is 0 Å². The van der Waals surface area contributed by atoms with E-state index in [1.807, 2.05) is 0 Å². The van der Waals surface area contributed by atoms with E-state index in [2.05, 4.69) is 5.32 Å². The van der Waals surface area contributed by atoms with Crippen molar-refractivity contribution in [2.45, 2.75) is 38.7 Å². The van der Waals surface area contributed by atoms with Crippen LogP contribution in [0.3, 0.4) is 0 Å². The summed E-state index contributed by atoms with van der Waals surface area (Å²) in [4.78, 5) is 11.4. The molecule has 8 nitrogen and oxygen atoms in total. The van der Waals surface area contributed by atoms with E-state index >= 15 is 0 Å². The Morgan fingerprint density at radius 3 is 2.16 bits per heavy atom. The number of esters is 1. The molecule has 150 valence electrons. The van der Waals surface area contributed by atoms with Crippen LogP contribution in [0, 0.1) is 0 Å². The fraction of sp³-hybridized carbons (Fsp3) is 0.941. The fourth-order valence-electron chi connectivity index (χ4n) is 1.76. The molecule has 8 heteroatoms. The maximum absolute atomic E-state index is 11.4. The van der Waals surface area contributed by atoms with Gasteiger partial charge in [-0.05, 0) is 32.9 Å². The summed E-state index contributed by atoms with van der Waals surface area (Å²) in [5.41, 5.74) is 5.35. The topological polar surface area (TPSA) is 112 Å². The van der Waals surface area contributed by atoms with Crippen LogP contribution in [-0.4, -0.2) is 83.1 Å². The summed E-state index contributed by atoms with van der Waals surface area (Å²) in [5.74, 6) is -0.242. The molecule has 4 N–H and O–H groups in total. The van der Waals surface area contributed by atoms with Gasteiger partial charge in [0.15, 0.2) is 0 Å². The maximum Gasteiger partial charge on any atom is 0.307 e. The van der Waals surface area contributed by atoms with Crippen LogP contribution in [0.5, 0.6) is 0 Å². The molecular weight excluding hydrogens is 328 g/mol. The summed E-state index contributed by atoms with van der Waals surface area (Å²) in [6.45, 7) is 7.59. The van der Waals surface area contributed by atoms with Crippen molar-refractivity contribution in [3.63, 3.8) is 0 Å². The van der Waals surface area contributed by atoms with Crippen molar-refractivity contribution >= 4 is 5.97 Å². The highest BCUT2D eigenvalue weighted by Crippen LogP contribution is 1.93. The van der Waals surface area contributed by atoms with E-state index in [1.165, 1.54) is 0 Å². The first kappa shape index (κ1) is 24.2. The van der Waals surface area contributed by atoms with Gasteiger partial charge < -0.3 is 35.1 Å². The standard InChI is InChI=1S/C17H36N2O6/c1-16(20)5-11-25-17(21)4-8-19-7-3-10-23-13-15-24-14-12-22-9-2-6-18/h16,19-20H,2-15,18H2,1H3. The summed E-state index contributed by atoms with van der Waals surface area (Å²) in [5, 5.41) is 12.2. The molecule has 1 unspecified atom stereocenters. The van der Waals surface area contributed by atoms with Gasteiger partial charge in [0.05, 0.1) is 45.6 Å². The molecule has 0 radical (unpaired) electrons. The van der Waals surface area contributed by atoms with E-state index in [0.717, 1.165) is 19.4 Å². The van der Waals surface area contributed by atoms with Gasteiger partial charge in [0, 0.05) is 26.2 Å². The molecule has 0 amide bonds. The Bertz CT molecular complexity index is 292. The molecule has 0 aromatic heterocycles. The number of nitrogens with two attached hydrogens (primary N) is 1. The Morgan fingerprint density at radius 1 is 0.960 bits per heavy atom. The molecular formula is C17H36N2O6. The first-order valence-electron chi connectivity index (χ1n) is 9.14. The van der Waals surface area contributed by atoms with E-state index in [0.29, 0.717) is 65.6 Å². The molecule has 0 aromatic rings. The summed E-state index contributed by atoms with van der Waals surface area (Å²) in [7, 11) is 0. The minimum absolute atomic E-state index is 0.242. The van der Waals surface area contributed by atoms with Crippen molar-refractivity contribution in [3.8, 4) is 0 Å². The van der Waals surface area contributed by atoms with Gasteiger partial charge in [-0.25, -0.2) is 0 Å². The van der Waals surface area contributed by atoms with Gasteiger partial charge in [0.2, 0.25) is 0 Å². The third-order valence-electron chi connectivity index (χ3n) is 3.18. The molecule has 0 aliphatic rings. The largest absolute Gasteiger partial charge is 0.466 e. The molecule has 1 atom stereocenters. The molecule has 0 fully saturated rings. The second kappa shape index (κ2) is 19.6. The SMILES string of the molecule is CC(O)CCOC(=O)CCNCCCOCCOCCOCCCN. The fourth-order valence-corrected chi connectivity index (χ4v) is 1.76. The van der Waals surface area contributed by atoms with E-state index in [9.17, 15) is 4.79 Å². The molecule has 0 aromatic carbocycles. The number of aliphatic hydroxyl groups is 1. The maximum atomic E-state index is 11.4. The molecule has 0 saturated carbocycles. The predicted octanol–water partition coefficient (Wildman–Crippen LogP) is 0.0689. The minimum Gasteiger partial charge on any atom is -0.466 e. The van der Waals surface area contributed by atoms with Crippen molar-refractivity contribution < 1.29 is 28.8 Å². The number of hydrogen-bond acceptors (Lipinski definition) is 8. The first-order valence-corrected chi connectivity index (χ1v) is 9.14. The average Bonchev–Trinajstić information content (AvgIpc) is 2.58. The molecule has 25 heavy (non-hydrogen) atoms. The summed E-state index contributed by atoms with van der Waals surface area (Å²) in [6, 6.07) is 0. The lowest BCUT2D eigenvalue weighted by Crippen LogP contribution is -2.22. The lowest BCUT2D eigenvalue weighted by molar-refractivity contribution is -0.144. The molecule has 0 spiro atoms. The van der Waals surface area contributed by atoms with Crippen LogP contribution in [0.1, 0.15) is 32.6 Å². The van der Waals surface area contributed by atoms with Gasteiger partial charge in [-0.2, -0.15) is 0 Å². The zero-order chi connectivity index (χ0) is 18.6. The van der Waals surface area contributed by atoms with Crippen molar-refractivity contribution in [2.24, 2.45) is 5.73 Å². The molecule has 0 saturated heterocycles. The van der Waals surface area contributed by atoms with Gasteiger partial charge in [-0.15, -0.1) is 0 Å². The Labute approximate surface area is 151 Å². The smallest absolute Gasteiger partial charge is 0.307 e. The third kappa shape index (κ3) is 21.2. The number of aliphatic hydroxyl groups excluding tert-OH is 1. The van der Waals surface area contributed by atoms with Crippen LogP contribution in [0.2, 0.25) is 0 Å². The van der Waals surface area contributed by atoms with Gasteiger partial charge in [0.25, 0.3) is 0 Å². The van der Waals surface area contributed by atoms with Crippen molar-refractivity contribution in [1.82, 2.24) is 5.32 Å². The number of nitrogens with one attached hydrogen (secondary N) is 1. The quantitative estimate of drug-likeness (QED) is 0.218. The van der Waals surface area contributed by atoms with E-state index < -0.39 is 6.10 Å². The number of hydrogen-bond donors (Lipinski definition) is 3. The van der Waals surface area contributed by atoms with E-state index in [-0.39, 0.29) is 12.6 Å². The number of rotatable bonds is 19.